The van der Waals surface area contributed by atoms with Crippen molar-refractivity contribution in [3.8, 4) is 0 Å². The first-order valence-corrected chi connectivity index (χ1v) is 8.08. The highest BCUT2D eigenvalue weighted by Gasteiger charge is 2.19. The number of amides is 1. The maximum Gasteiger partial charge on any atom is 0.274 e. The first kappa shape index (κ1) is 15.8. The Morgan fingerprint density at radius 3 is 2.74 bits per heavy atom. The molecule has 2 aromatic heterocycles. The maximum absolute atomic E-state index is 12.8. The van der Waals surface area contributed by atoms with E-state index in [1.165, 1.54) is 0 Å². The second-order valence-corrected chi connectivity index (χ2v) is 6.01. The molecule has 0 aliphatic rings. The molecule has 1 aromatic carbocycles. The van der Waals surface area contributed by atoms with Crippen LogP contribution in [0.5, 0.6) is 0 Å². The molecule has 6 heteroatoms. The van der Waals surface area contributed by atoms with Gasteiger partial charge in [-0.3, -0.25) is 9.20 Å². The van der Waals surface area contributed by atoms with Crippen molar-refractivity contribution in [2.75, 3.05) is 5.32 Å². The number of para-hydroxylation sites is 1. The van der Waals surface area contributed by atoms with Crippen LogP contribution in [0.2, 0.25) is 10.0 Å². The molecule has 2 heterocycles. The lowest BCUT2D eigenvalue weighted by Crippen LogP contribution is -2.16. The second-order valence-electron chi connectivity index (χ2n) is 5.17. The average molecular weight is 348 g/mol. The Labute approximate surface area is 144 Å². The number of pyridine rings is 1. The molecule has 0 aliphatic carbocycles. The molecule has 23 heavy (non-hydrogen) atoms. The van der Waals surface area contributed by atoms with Crippen LogP contribution < -0.4 is 5.32 Å². The number of aryl methyl sites for hydroxylation is 1. The van der Waals surface area contributed by atoms with Crippen molar-refractivity contribution in [2.45, 2.75) is 19.8 Å². The minimum Gasteiger partial charge on any atom is -0.319 e. The molecule has 4 nitrogen and oxygen atoms in total. The standard InChI is InChI=1S/C17H15Cl2N3O/c1-2-5-14-16(22-10-11(18)8-9-15(22)20-14)17(23)21-13-7-4-3-6-12(13)19/h3-4,6-10H,2,5H2,1H3,(H,21,23). The maximum atomic E-state index is 12.8. The highest BCUT2D eigenvalue weighted by Crippen LogP contribution is 2.23. The Morgan fingerprint density at radius 2 is 2.00 bits per heavy atom. The van der Waals surface area contributed by atoms with Crippen LogP contribution in [0.25, 0.3) is 5.65 Å². The highest BCUT2D eigenvalue weighted by atomic mass is 35.5. The van der Waals surface area contributed by atoms with E-state index < -0.39 is 0 Å². The van der Waals surface area contributed by atoms with Crippen molar-refractivity contribution in [1.29, 1.82) is 0 Å². The SMILES string of the molecule is CCCc1nc2ccc(Cl)cn2c1C(=O)Nc1ccccc1Cl. The molecule has 3 aromatic rings. The molecule has 1 N–H and O–H groups in total. The predicted octanol–water partition coefficient (Wildman–Crippen LogP) is 4.85. The van der Waals surface area contributed by atoms with Crippen LogP contribution in [-0.4, -0.2) is 15.3 Å². The van der Waals surface area contributed by atoms with Crippen molar-refractivity contribution < 1.29 is 4.79 Å². The minimum atomic E-state index is -0.253. The lowest BCUT2D eigenvalue weighted by molar-refractivity contribution is 0.102. The lowest BCUT2D eigenvalue weighted by atomic mass is 10.2. The second kappa shape index (κ2) is 6.60. The van der Waals surface area contributed by atoms with Gasteiger partial charge in [-0.1, -0.05) is 48.7 Å². The van der Waals surface area contributed by atoms with Gasteiger partial charge in [0.15, 0.2) is 0 Å². The lowest BCUT2D eigenvalue weighted by Gasteiger charge is -2.08. The number of anilines is 1. The minimum absolute atomic E-state index is 0.253. The fourth-order valence-corrected chi connectivity index (χ4v) is 2.81. The third-order valence-electron chi connectivity index (χ3n) is 3.48. The van der Waals surface area contributed by atoms with Gasteiger partial charge in [-0.15, -0.1) is 0 Å². The summed E-state index contributed by atoms with van der Waals surface area (Å²) in [5.74, 6) is -0.253. The molecule has 0 atom stereocenters. The molecule has 118 valence electrons. The number of carbonyl (C=O) groups excluding carboxylic acids is 1. The van der Waals surface area contributed by atoms with Crippen LogP contribution >= 0.6 is 23.2 Å². The van der Waals surface area contributed by atoms with Gasteiger partial charge in [-0.25, -0.2) is 4.98 Å². The molecular formula is C17H15Cl2N3O. The van der Waals surface area contributed by atoms with Gasteiger partial charge < -0.3 is 5.32 Å². The first-order chi connectivity index (χ1) is 11.1. The number of nitrogens with one attached hydrogen (secondary N) is 1. The van der Waals surface area contributed by atoms with Gasteiger partial charge in [0.25, 0.3) is 5.91 Å². The van der Waals surface area contributed by atoms with E-state index in [4.69, 9.17) is 23.2 Å². The third-order valence-corrected chi connectivity index (χ3v) is 4.03. The third kappa shape index (κ3) is 3.19. The number of hydrogen-bond donors (Lipinski definition) is 1. The largest absolute Gasteiger partial charge is 0.319 e. The molecule has 0 saturated carbocycles. The molecule has 0 saturated heterocycles. The quantitative estimate of drug-likeness (QED) is 0.733. The zero-order valence-electron chi connectivity index (χ0n) is 12.5. The number of nitrogens with zero attached hydrogens (tertiary/aromatic N) is 2. The van der Waals surface area contributed by atoms with Crippen molar-refractivity contribution in [3.63, 3.8) is 0 Å². The number of aromatic nitrogens is 2. The zero-order valence-corrected chi connectivity index (χ0v) is 14.0. The molecule has 0 spiro atoms. The summed E-state index contributed by atoms with van der Waals surface area (Å²) in [5.41, 5.74) is 2.50. The fraction of sp³-hybridized carbons (Fsp3) is 0.176. The summed E-state index contributed by atoms with van der Waals surface area (Å²) in [7, 11) is 0. The van der Waals surface area contributed by atoms with Crippen LogP contribution in [0.4, 0.5) is 5.69 Å². The van der Waals surface area contributed by atoms with Crippen LogP contribution in [0, 0.1) is 0 Å². The Kier molecular flexibility index (Phi) is 4.55. The van der Waals surface area contributed by atoms with Crippen LogP contribution in [-0.2, 0) is 6.42 Å². The Bertz CT molecular complexity index is 873. The van der Waals surface area contributed by atoms with Crippen LogP contribution in [0.1, 0.15) is 29.5 Å². The topological polar surface area (TPSA) is 46.4 Å². The van der Waals surface area contributed by atoms with Crippen LogP contribution in [0.15, 0.2) is 42.6 Å². The zero-order chi connectivity index (χ0) is 16.4. The molecule has 0 unspecified atom stereocenters. The van der Waals surface area contributed by atoms with Crippen molar-refractivity contribution in [3.05, 3.63) is 64.0 Å². The van der Waals surface area contributed by atoms with E-state index >= 15 is 0 Å². The number of hydrogen-bond acceptors (Lipinski definition) is 2. The van der Waals surface area contributed by atoms with Crippen molar-refractivity contribution >= 4 is 40.4 Å². The summed E-state index contributed by atoms with van der Waals surface area (Å²) < 4.78 is 1.72. The molecule has 3 rings (SSSR count). The van der Waals surface area contributed by atoms with Gasteiger partial charge >= 0.3 is 0 Å². The van der Waals surface area contributed by atoms with E-state index in [9.17, 15) is 4.79 Å². The molecule has 0 fully saturated rings. The number of halogens is 2. The van der Waals surface area contributed by atoms with Gasteiger partial charge in [0.05, 0.1) is 21.4 Å². The summed E-state index contributed by atoms with van der Waals surface area (Å²) in [6.45, 7) is 2.05. The number of carbonyl (C=O) groups is 1. The summed E-state index contributed by atoms with van der Waals surface area (Å²) in [4.78, 5) is 17.3. The Morgan fingerprint density at radius 1 is 1.22 bits per heavy atom. The summed E-state index contributed by atoms with van der Waals surface area (Å²) in [6.07, 6.45) is 3.30. The van der Waals surface area contributed by atoms with E-state index in [1.807, 2.05) is 19.1 Å². The van der Waals surface area contributed by atoms with E-state index in [0.29, 0.717) is 33.5 Å². The fourth-order valence-electron chi connectivity index (χ4n) is 2.46. The monoisotopic (exact) mass is 347 g/mol. The molecular weight excluding hydrogens is 333 g/mol. The van der Waals surface area contributed by atoms with Crippen molar-refractivity contribution in [2.24, 2.45) is 0 Å². The van der Waals surface area contributed by atoms with E-state index in [2.05, 4.69) is 10.3 Å². The molecule has 0 radical (unpaired) electrons. The number of rotatable bonds is 4. The summed E-state index contributed by atoms with van der Waals surface area (Å²) in [5, 5.41) is 3.88. The van der Waals surface area contributed by atoms with Gasteiger partial charge in [0.2, 0.25) is 0 Å². The number of fused-ring (bicyclic) bond motifs is 1. The van der Waals surface area contributed by atoms with Gasteiger partial charge in [0.1, 0.15) is 11.3 Å². The first-order valence-electron chi connectivity index (χ1n) is 7.32. The number of benzene rings is 1. The van der Waals surface area contributed by atoms with E-state index in [-0.39, 0.29) is 5.91 Å². The summed E-state index contributed by atoms with van der Waals surface area (Å²) >= 11 is 12.2. The molecule has 0 aliphatic heterocycles. The molecule has 0 bridgehead atoms. The van der Waals surface area contributed by atoms with Crippen molar-refractivity contribution in [1.82, 2.24) is 9.38 Å². The van der Waals surface area contributed by atoms with Gasteiger partial charge in [0, 0.05) is 6.20 Å². The average Bonchev–Trinajstić information content (AvgIpc) is 2.87. The predicted molar refractivity (Wildman–Crippen MR) is 93.6 cm³/mol. The highest BCUT2D eigenvalue weighted by molar-refractivity contribution is 6.34. The van der Waals surface area contributed by atoms with Crippen LogP contribution in [0.3, 0.4) is 0 Å². The molecule has 1 amide bonds. The van der Waals surface area contributed by atoms with Gasteiger partial charge in [-0.2, -0.15) is 0 Å². The summed E-state index contributed by atoms with van der Waals surface area (Å²) in [6, 6.07) is 10.7. The Hall–Kier alpha value is -2.04. The van der Waals surface area contributed by atoms with Gasteiger partial charge in [-0.05, 0) is 30.7 Å². The number of imidazole rings is 1. The smallest absolute Gasteiger partial charge is 0.274 e. The van der Waals surface area contributed by atoms with E-state index in [0.717, 1.165) is 12.1 Å². The normalized spacial score (nSPS) is 10.9. The Balaban J connectivity index is 2.06. The van der Waals surface area contributed by atoms with E-state index in [1.54, 1.807) is 34.9 Å².